The molecule has 1 aromatic rings. The van der Waals surface area contributed by atoms with Gasteiger partial charge >= 0.3 is 0 Å². The average molecular weight is 304 g/mol. The molecule has 1 amide bonds. The molecule has 1 atom stereocenters. The molecular weight excluding hydrogens is 288 g/mol. The highest BCUT2D eigenvalue weighted by molar-refractivity contribution is 7.93. The van der Waals surface area contributed by atoms with Crippen molar-refractivity contribution in [2.75, 3.05) is 11.4 Å². The van der Waals surface area contributed by atoms with E-state index in [9.17, 15) is 9.35 Å². The summed E-state index contributed by atoms with van der Waals surface area (Å²) in [5.74, 6) is 0.789. The van der Waals surface area contributed by atoms with Gasteiger partial charge < -0.3 is 14.8 Å². The second-order valence-corrected chi connectivity index (χ2v) is 6.39. The maximum Gasteiger partial charge on any atom is 0.246 e. The predicted molar refractivity (Wildman–Crippen MR) is 80.0 cm³/mol. The molecule has 3 heterocycles. The van der Waals surface area contributed by atoms with Gasteiger partial charge in [-0.15, -0.1) is 0 Å². The van der Waals surface area contributed by atoms with Crippen molar-refractivity contribution < 1.29 is 9.35 Å². The second kappa shape index (κ2) is 4.71. The number of aromatic nitrogens is 2. The number of amides is 1. The molecule has 1 saturated carbocycles. The maximum absolute atomic E-state index is 12.2. The van der Waals surface area contributed by atoms with Crippen molar-refractivity contribution in [2.45, 2.75) is 42.4 Å². The van der Waals surface area contributed by atoms with Gasteiger partial charge in [-0.3, -0.25) is 4.79 Å². The molecule has 7 heteroatoms. The van der Waals surface area contributed by atoms with E-state index in [1.807, 2.05) is 12.2 Å². The van der Waals surface area contributed by atoms with Crippen molar-refractivity contribution >= 4 is 29.8 Å². The highest BCUT2D eigenvalue weighted by atomic mass is 32.2. The molecule has 0 radical (unpaired) electrons. The second-order valence-electron chi connectivity index (χ2n) is 5.85. The van der Waals surface area contributed by atoms with Gasteiger partial charge in [0, 0.05) is 18.3 Å². The molecule has 0 bridgehead atoms. The van der Waals surface area contributed by atoms with Crippen LogP contribution in [-0.4, -0.2) is 38.6 Å². The lowest BCUT2D eigenvalue weighted by Crippen LogP contribution is -2.67. The summed E-state index contributed by atoms with van der Waals surface area (Å²) in [5, 5.41) is 3.36. The predicted octanol–water partition coefficient (Wildman–Crippen LogP) is 1.69. The van der Waals surface area contributed by atoms with Gasteiger partial charge in [-0.2, -0.15) is 0 Å². The standard InChI is InChI=1S/C14H16N4O2S/c19-12-10-4-3-9-7-15-13(21-20)17-11(9)18(10)14(8-16-12)5-1-2-6-14/h3-4,7,10,20H,1-2,5-6,8H2,(H,16,19). The van der Waals surface area contributed by atoms with Crippen molar-refractivity contribution in [3.05, 3.63) is 17.8 Å². The van der Waals surface area contributed by atoms with Crippen LogP contribution in [0.25, 0.3) is 6.08 Å². The maximum atomic E-state index is 12.2. The Balaban J connectivity index is 1.87. The summed E-state index contributed by atoms with van der Waals surface area (Å²) in [5.41, 5.74) is 0.856. The number of nitrogens with one attached hydrogen (secondary N) is 1. The molecular formula is C14H16N4O2S. The molecule has 2 N–H and O–H groups in total. The molecule has 3 aliphatic rings. The molecule has 1 aromatic heterocycles. The van der Waals surface area contributed by atoms with Crippen molar-refractivity contribution in [2.24, 2.45) is 0 Å². The quantitative estimate of drug-likeness (QED) is 0.607. The molecule has 0 aromatic carbocycles. The van der Waals surface area contributed by atoms with E-state index in [1.54, 1.807) is 6.20 Å². The molecule has 1 aliphatic carbocycles. The Bertz CT molecular complexity index is 627. The minimum absolute atomic E-state index is 0.0197. The van der Waals surface area contributed by atoms with Gasteiger partial charge in [0.2, 0.25) is 11.1 Å². The number of hydrogen-bond acceptors (Lipinski definition) is 6. The molecule has 4 rings (SSSR count). The molecule has 1 spiro atoms. The van der Waals surface area contributed by atoms with Gasteiger partial charge in [0.1, 0.15) is 11.9 Å². The van der Waals surface area contributed by atoms with E-state index < -0.39 is 0 Å². The van der Waals surface area contributed by atoms with E-state index in [4.69, 9.17) is 0 Å². The number of rotatable bonds is 1. The van der Waals surface area contributed by atoms with Crippen LogP contribution in [0.2, 0.25) is 0 Å². The first-order chi connectivity index (χ1) is 10.2. The van der Waals surface area contributed by atoms with Crippen LogP contribution in [0, 0.1) is 0 Å². The molecule has 2 aliphatic heterocycles. The first-order valence-corrected chi connectivity index (χ1v) is 7.95. The van der Waals surface area contributed by atoms with Crippen LogP contribution in [0.15, 0.2) is 17.4 Å². The third-order valence-corrected chi connectivity index (χ3v) is 5.09. The fourth-order valence-electron chi connectivity index (χ4n) is 3.75. The van der Waals surface area contributed by atoms with Crippen LogP contribution in [0.3, 0.4) is 0 Å². The lowest BCUT2D eigenvalue weighted by molar-refractivity contribution is -0.123. The first kappa shape index (κ1) is 13.1. The fraction of sp³-hybridized carbons (Fsp3) is 0.500. The van der Waals surface area contributed by atoms with E-state index in [0.29, 0.717) is 23.7 Å². The number of carbonyl (C=O) groups excluding carboxylic acids is 1. The van der Waals surface area contributed by atoms with Gasteiger partial charge in [-0.1, -0.05) is 25.0 Å². The number of hydrogen-bond donors (Lipinski definition) is 2. The van der Waals surface area contributed by atoms with Crippen molar-refractivity contribution in [3.63, 3.8) is 0 Å². The number of fused-ring (bicyclic) bond motifs is 4. The zero-order valence-electron chi connectivity index (χ0n) is 11.5. The van der Waals surface area contributed by atoms with E-state index >= 15 is 0 Å². The summed E-state index contributed by atoms with van der Waals surface area (Å²) < 4.78 is 9.22. The van der Waals surface area contributed by atoms with Gasteiger partial charge in [-0.05, 0) is 12.8 Å². The van der Waals surface area contributed by atoms with Gasteiger partial charge in [0.15, 0.2) is 0 Å². The van der Waals surface area contributed by atoms with E-state index in [-0.39, 0.29) is 17.5 Å². The zero-order chi connectivity index (χ0) is 14.4. The number of nitrogens with zero attached hydrogens (tertiary/aromatic N) is 3. The largest absolute Gasteiger partial charge is 0.352 e. The summed E-state index contributed by atoms with van der Waals surface area (Å²) in [4.78, 5) is 23.0. The Morgan fingerprint density at radius 2 is 2.24 bits per heavy atom. The Hall–Kier alpha value is -1.60. The Morgan fingerprint density at radius 3 is 3.00 bits per heavy atom. The molecule has 21 heavy (non-hydrogen) atoms. The van der Waals surface area contributed by atoms with Crippen molar-refractivity contribution in [1.29, 1.82) is 0 Å². The zero-order valence-corrected chi connectivity index (χ0v) is 12.3. The normalized spacial score (nSPS) is 25.7. The third kappa shape index (κ3) is 1.87. The van der Waals surface area contributed by atoms with E-state index in [0.717, 1.165) is 24.2 Å². The molecule has 1 unspecified atom stereocenters. The minimum atomic E-state index is -0.309. The monoisotopic (exact) mass is 304 g/mol. The Morgan fingerprint density at radius 1 is 1.43 bits per heavy atom. The highest BCUT2D eigenvalue weighted by Crippen LogP contribution is 2.43. The van der Waals surface area contributed by atoms with Crippen LogP contribution in [0.1, 0.15) is 31.2 Å². The lowest BCUT2D eigenvalue weighted by atomic mass is 9.87. The van der Waals surface area contributed by atoms with Crippen LogP contribution in [0.4, 0.5) is 5.82 Å². The van der Waals surface area contributed by atoms with Crippen LogP contribution in [-0.2, 0) is 4.79 Å². The van der Waals surface area contributed by atoms with E-state index in [1.165, 1.54) is 12.8 Å². The van der Waals surface area contributed by atoms with E-state index in [2.05, 4.69) is 20.2 Å². The number of anilines is 1. The summed E-state index contributed by atoms with van der Waals surface area (Å²) >= 11 is 0.539. The summed E-state index contributed by atoms with van der Waals surface area (Å²) in [6.45, 7) is 0.668. The van der Waals surface area contributed by atoms with Crippen LogP contribution < -0.4 is 10.2 Å². The number of piperazine rings is 1. The molecule has 6 nitrogen and oxygen atoms in total. The lowest BCUT2D eigenvalue weighted by Gasteiger charge is -2.50. The fourth-order valence-corrected chi connectivity index (χ4v) is 3.98. The van der Waals surface area contributed by atoms with Crippen molar-refractivity contribution in [1.82, 2.24) is 15.3 Å². The van der Waals surface area contributed by atoms with Gasteiger partial charge in [0.05, 0.1) is 17.6 Å². The number of carbonyl (C=O) groups is 1. The topological polar surface area (TPSA) is 78.4 Å². The summed E-state index contributed by atoms with van der Waals surface area (Å²) in [6, 6.07) is -0.309. The van der Waals surface area contributed by atoms with Gasteiger partial charge in [-0.25, -0.2) is 9.97 Å². The SMILES string of the molecule is O=C1NCC2(CCCC2)N2c3nc(SO)ncc3C=CC12. The van der Waals surface area contributed by atoms with Crippen molar-refractivity contribution in [3.8, 4) is 0 Å². The Labute approximate surface area is 126 Å². The third-order valence-electron chi connectivity index (χ3n) is 4.73. The van der Waals surface area contributed by atoms with Gasteiger partial charge in [0.25, 0.3) is 0 Å². The molecule has 110 valence electrons. The Kier molecular flexibility index (Phi) is 2.93. The minimum Gasteiger partial charge on any atom is -0.352 e. The first-order valence-electron chi connectivity index (χ1n) is 7.17. The smallest absolute Gasteiger partial charge is 0.246 e. The molecule has 2 fully saturated rings. The highest BCUT2D eigenvalue weighted by Gasteiger charge is 2.49. The average Bonchev–Trinajstić information content (AvgIpc) is 2.99. The summed E-state index contributed by atoms with van der Waals surface area (Å²) in [6.07, 6.45) is 9.99. The van der Waals surface area contributed by atoms with Crippen LogP contribution in [0.5, 0.6) is 0 Å². The van der Waals surface area contributed by atoms with Crippen LogP contribution >= 0.6 is 12.0 Å². The summed E-state index contributed by atoms with van der Waals surface area (Å²) in [7, 11) is 0. The molecule has 1 saturated heterocycles.